The van der Waals surface area contributed by atoms with Crippen LogP contribution in [0.15, 0.2) is 22.6 Å². The van der Waals surface area contributed by atoms with Crippen molar-refractivity contribution >= 4 is 35.4 Å². The Bertz CT molecular complexity index is 1520. The molecule has 0 unspecified atom stereocenters. The summed E-state index contributed by atoms with van der Waals surface area (Å²) < 4.78 is 2.08. The standard InChI is InChI=1S/C24H32N4O2.C10H16N2O8/c1-25-9-15-7-17(13-25)21-5-3-20(24(30)27(21)11-15)19-4-6-22(29)28-12-16-8-18(23(19)28)14-26(2)10-16;13-7(14)3-11(4-8(15)16)1-2-12(5-9(17)18)6-10(19)20/h3,5,15-18H,4,6-14H2,1-2H3;1-6H2,(H,13,14)(H,15,16)(H,17,18)(H,19,20)/t15-,16-,17+,18+;/m1./s1. The maximum absolute atomic E-state index is 13.7. The number of fused-ring (bicyclic) bond motifs is 8. The Balaban J connectivity index is 0.000000214. The molecule has 0 radical (unpaired) electrons. The molecule has 0 saturated carbocycles. The molecule has 6 heterocycles. The lowest BCUT2D eigenvalue weighted by molar-refractivity contribution is -0.145. The van der Waals surface area contributed by atoms with Gasteiger partial charge in [-0.25, -0.2) is 0 Å². The van der Waals surface area contributed by atoms with Crippen LogP contribution in [0.1, 0.15) is 42.9 Å². The van der Waals surface area contributed by atoms with E-state index in [-0.39, 0.29) is 24.6 Å². The lowest BCUT2D eigenvalue weighted by atomic mass is 9.77. The maximum Gasteiger partial charge on any atom is 0.317 e. The molecule has 6 rings (SSSR count). The average Bonchev–Trinajstić information content (AvgIpc) is 3.00. The molecular formula is C34H48N6O10. The third kappa shape index (κ3) is 8.96. The molecule has 4 bridgehead atoms. The molecule has 50 heavy (non-hydrogen) atoms. The number of rotatable bonds is 12. The third-order valence-corrected chi connectivity index (χ3v) is 10.3. The Morgan fingerprint density at radius 1 is 0.680 bits per heavy atom. The van der Waals surface area contributed by atoms with E-state index >= 15 is 0 Å². The fourth-order valence-corrected chi connectivity index (χ4v) is 8.65. The van der Waals surface area contributed by atoms with E-state index in [1.807, 2.05) is 0 Å². The quantitative estimate of drug-likeness (QED) is 0.222. The van der Waals surface area contributed by atoms with Crippen molar-refractivity contribution in [2.24, 2.45) is 17.8 Å². The van der Waals surface area contributed by atoms with Gasteiger partial charge in [0.15, 0.2) is 0 Å². The number of carbonyl (C=O) groups is 5. The SMILES string of the molecule is CN1C[C@H]2C[C@@H](C1)C1=C(c3ccc4n(c3=O)C[C@@H]3C[C@H]4CN(C)C3)CCC(=O)N1C2.O=C(O)CN(CCN(CC(=O)O)CC(=O)O)CC(=O)O. The highest BCUT2D eigenvalue weighted by molar-refractivity contribution is 5.87. The van der Waals surface area contributed by atoms with Gasteiger partial charge in [-0.1, -0.05) is 0 Å². The van der Waals surface area contributed by atoms with Gasteiger partial charge in [0, 0.05) is 87.6 Å². The summed E-state index contributed by atoms with van der Waals surface area (Å²) in [4.78, 5) is 77.7. The zero-order valence-corrected chi connectivity index (χ0v) is 28.7. The van der Waals surface area contributed by atoms with Crippen LogP contribution in [0.4, 0.5) is 0 Å². The number of carbonyl (C=O) groups excluding carboxylic acids is 1. The Labute approximate surface area is 290 Å². The average molecular weight is 701 g/mol. The van der Waals surface area contributed by atoms with Crippen molar-refractivity contribution in [1.29, 1.82) is 0 Å². The van der Waals surface area contributed by atoms with Crippen LogP contribution < -0.4 is 5.56 Å². The van der Waals surface area contributed by atoms with E-state index in [9.17, 15) is 28.8 Å². The van der Waals surface area contributed by atoms with Crippen LogP contribution in [0, 0.1) is 17.8 Å². The normalized spacial score (nSPS) is 24.7. The summed E-state index contributed by atoms with van der Waals surface area (Å²) in [7, 11) is 4.38. The molecule has 4 atom stereocenters. The molecule has 3 fully saturated rings. The molecule has 1 aromatic heterocycles. The first kappa shape index (κ1) is 37.1. The number of pyridine rings is 1. The van der Waals surface area contributed by atoms with Crippen LogP contribution in [0.3, 0.4) is 0 Å². The van der Waals surface area contributed by atoms with Gasteiger partial charge in [0.1, 0.15) is 0 Å². The Kier molecular flexibility index (Phi) is 11.8. The number of piperidine rings is 3. The monoisotopic (exact) mass is 700 g/mol. The van der Waals surface area contributed by atoms with Gasteiger partial charge >= 0.3 is 23.9 Å². The fraction of sp³-hybridized carbons (Fsp3) is 0.647. The molecule has 3 saturated heterocycles. The second-order valence-electron chi connectivity index (χ2n) is 14.5. The number of likely N-dealkylation sites (tertiary alicyclic amines) is 2. The van der Waals surface area contributed by atoms with Gasteiger partial charge in [0.05, 0.1) is 26.2 Å². The highest BCUT2D eigenvalue weighted by Gasteiger charge is 2.43. The summed E-state index contributed by atoms with van der Waals surface area (Å²) in [6.45, 7) is 3.59. The van der Waals surface area contributed by atoms with Crippen LogP contribution in [0.25, 0.3) is 5.57 Å². The van der Waals surface area contributed by atoms with Crippen LogP contribution in [0.2, 0.25) is 0 Å². The van der Waals surface area contributed by atoms with E-state index in [0.717, 1.165) is 66.6 Å². The van der Waals surface area contributed by atoms with Crippen LogP contribution in [-0.2, 0) is 30.5 Å². The van der Waals surface area contributed by atoms with Crippen molar-refractivity contribution < 1.29 is 44.4 Å². The Hall–Kier alpha value is -4.12. The zero-order valence-electron chi connectivity index (χ0n) is 28.7. The van der Waals surface area contributed by atoms with Crippen LogP contribution >= 0.6 is 0 Å². The highest BCUT2D eigenvalue weighted by atomic mass is 16.4. The minimum atomic E-state index is -1.23. The Morgan fingerprint density at radius 2 is 1.18 bits per heavy atom. The number of aromatic nitrogens is 1. The van der Waals surface area contributed by atoms with Gasteiger partial charge < -0.3 is 39.7 Å². The van der Waals surface area contributed by atoms with Gasteiger partial charge in [-0.15, -0.1) is 0 Å². The molecule has 274 valence electrons. The van der Waals surface area contributed by atoms with Gasteiger partial charge in [-0.3, -0.25) is 38.6 Å². The van der Waals surface area contributed by atoms with Crippen molar-refractivity contribution in [2.45, 2.75) is 38.1 Å². The minimum absolute atomic E-state index is 0.0703. The number of aliphatic carboxylic acids is 4. The summed E-state index contributed by atoms with van der Waals surface area (Å²) in [6.07, 6.45) is 3.59. The molecule has 1 aromatic rings. The van der Waals surface area contributed by atoms with Gasteiger partial charge in [-0.05, 0) is 62.9 Å². The van der Waals surface area contributed by atoms with Crippen molar-refractivity contribution in [3.8, 4) is 0 Å². The molecule has 16 heteroatoms. The van der Waals surface area contributed by atoms with Crippen molar-refractivity contribution in [3.63, 3.8) is 0 Å². The molecule has 16 nitrogen and oxygen atoms in total. The van der Waals surface area contributed by atoms with Crippen LogP contribution in [-0.4, -0.2) is 165 Å². The minimum Gasteiger partial charge on any atom is -0.480 e. The number of amides is 1. The number of hydrogen-bond donors (Lipinski definition) is 4. The van der Waals surface area contributed by atoms with Gasteiger partial charge in [0.2, 0.25) is 5.91 Å². The number of allylic oxidation sites excluding steroid dienone is 1. The molecule has 0 aromatic carbocycles. The summed E-state index contributed by atoms with van der Waals surface area (Å²) >= 11 is 0. The second-order valence-corrected chi connectivity index (χ2v) is 14.5. The third-order valence-electron chi connectivity index (χ3n) is 10.3. The van der Waals surface area contributed by atoms with E-state index in [2.05, 4.69) is 45.5 Å². The number of hydrogen-bond acceptors (Lipinski definition) is 10. The van der Waals surface area contributed by atoms with E-state index in [1.165, 1.54) is 17.8 Å². The smallest absolute Gasteiger partial charge is 0.317 e. The Morgan fingerprint density at radius 3 is 1.72 bits per heavy atom. The summed E-state index contributed by atoms with van der Waals surface area (Å²) in [5.74, 6) is -2.69. The number of carboxylic acid groups (broad SMARTS) is 4. The molecule has 0 spiro atoms. The first-order valence-corrected chi connectivity index (χ1v) is 17.1. The highest BCUT2D eigenvalue weighted by Crippen LogP contribution is 2.43. The summed E-state index contributed by atoms with van der Waals surface area (Å²) in [5, 5.41) is 34.5. The summed E-state index contributed by atoms with van der Waals surface area (Å²) in [5.41, 5.74) is 4.56. The predicted molar refractivity (Wildman–Crippen MR) is 179 cm³/mol. The number of carboxylic acids is 4. The molecule has 4 N–H and O–H groups in total. The topological polar surface area (TPSA) is 204 Å². The first-order chi connectivity index (χ1) is 23.7. The predicted octanol–water partition coefficient (Wildman–Crippen LogP) is -0.259. The second kappa shape index (κ2) is 15.8. The van der Waals surface area contributed by atoms with Gasteiger partial charge in [0.25, 0.3) is 5.56 Å². The molecule has 1 amide bonds. The number of likely N-dealkylation sites (N-methyl/N-ethyl adjacent to an activating group) is 1. The zero-order chi connectivity index (χ0) is 36.3. The van der Waals surface area contributed by atoms with E-state index in [0.29, 0.717) is 36.5 Å². The lowest BCUT2D eigenvalue weighted by Crippen LogP contribution is -2.53. The van der Waals surface area contributed by atoms with Crippen LogP contribution in [0.5, 0.6) is 0 Å². The maximum atomic E-state index is 13.7. The van der Waals surface area contributed by atoms with E-state index in [4.69, 9.17) is 20.4 Å². The fourth-order valence-electron chi connectivity index (χ4n) is 8.65. The molecule has 5 aliphatic heterocycles. The van der Waals surface area contributed by atoms with E-state index < -0.39 is 50.1 Å². The van der Waals surface area contributed by atoms with Crippen molar-refractivity contribution in [2.75, 3.05) is 86.1 Å². The molecule has 5 aliphatic rings. The first-order valence-electron chi connectivity index (χ1n) is 17.1. The summed E-state index contributed by atoms with van der Waals surface area (Å²) in [6, 6.07) is 4.29. The molecular weight excluding hydrogens is 652 g/mol. The largest absolute Gasteiger partial charge is 0.480 e. The molecule has 0 aliphatic carbocycles. The lowest BCUT2D eigenvalue weighted by Gasteiger charge is -2.49. The van der Waals surface area contributed by atoms with Crippen molar-refractivity contribution in [3.05, 3.63) is 39.4 Å². The van der Waals surface area contributed by atoms with E-state index in [1.54, 1.807) is 0 Å². The van der Waals surface area contributed by atoms with Gasteiger partial charge in [-0.2, -0.15) is 0 Å². The number of nitrogens with zero attached hydrogens (tertiary/aromatic N) is 6. The van der Waals surface area contributed by atoms with Crippen molar-refractivity contribution in [1.82, 2.24) is 29.1 Å².